The SMILES string of the molecule is CCc1cc(C2CC2)c(I)cc1C(=O)OC. The van der Waals surface area contributed by atoms with E-state index in [9.17, 15) is 4.79 Å². The highest BCUT2D eigenvalue weighted by molar-refractivity contribution is 14.1. The molecule has 86 valence electrons. The second kappa shape index (κ2) is 4.73. The van der Waals surface area contributed by atoms with Gasteiger partial charge in [0.15, 0.2) is 0 Å². The highest BCUT2D eigenvalue weighted by Gasteiger charge is 2.27. The molecule has 1 aliphatic rings. The van der Waals surface area contributed by atoms with Gasteiger partial charge in [0.05, 0.1) is 12.7 Å². The molecule has 0 saturated heterocycles. The first-order valence-corrected chi connectivity index (χ1v) is 6.65. The molecule has 0 spiro atoms. The zero-order valence-corrected chi connectivity index (χ0v) is 11.7. The van der Waals surface area contributed by atoms with Gasteiger partial charge in [0, 0.05) is 3.57 Å². The average molecular weight is 330 g/mol. The molecule has 0 bridgehead atoms. The molecule has 0 atom stereocenters. The number of ether oxygens (including phenoxy) is 1. The van der Waals surface area contributed by atoms with E-state index in [-0.39, 0.29) is 5.97 Å². The van der Waals surface area contributed by atoms with Gasteiger partial charge in [-0.2, -0.15) is 0 Å². The van der Waals surface area contributed by atoms with Crippen molar-refractivity contribution in [3.05, 3.63) is 32.4 Å². The van der Waals surface area contributed by atoms with Crippen molar-refractivity contribution >= 4 is 28.6 Å². The van der Waals surface area contributed by atoms with E-state index < -0.39 is 0 Å². The zero-order chi connectivity index (χ0) is 11.7. The normalized spacial score (nSPS) is 14.9. The lowest BCUT2D eigenvalue weighted by Gasteiger charge is -2.10. The van der Waals surface area contributed by atoms with Crippen LogP contribution in [0.5, 0.6) is 0 Å². The Hall–Kier alpha value is -0.580. The van der Waals surface area contributed by atoms with Gasteiger partial charge in [0.2, 0.25) is 0 Å². The van der Waals surface area contributed by atoms with Crippen LogP contribution in [-0.2, 0) is 11.2 Å². The fourth-order valence-electron chi connectivity index (χ4n) is 1.94. The number of methoxy groups -OCH3 is 1. The minimum absolute atomic E-state index is 0.225. The smallest absolute Gasteiger partial charge is 0.338 e. The van der Waals surface area contributed by atoms with E-state index in [0.29, 0.717) is 0 Å². The van der Waals surface area contributed by atoms with Crippen LogP contribution in [0.1, 0.15) is 47.2 Å². The fourth-order valence-corrected chi connectivity index (χ4v) is 2.84. The third kappa shape index (κ3) is 2.24. The van der Waals surface area contributed by atoms with Crippen LogP contribution >= 0.6 is 22.6 Å². The molecular weight excluding hydrogens is 315 g/mol. The van der Waals surface area contributed by atoms with E-state index in [2.05, 4.69) is 35.6 Å². The highest BCUT2D eigenvalue weighted by Crippen LogP contribution is 2.42. The Morgan fingerprint density at radius 3 is 2.69 bits per heavy atom. The molecule has 16 heavy (non-hydrogen) atoms. The third-order valence-corrected chi connectivity index (χ3v) is 3.96. The number of esters is 1. The molecule has 1 aromatic rings. The molecule has 3 heteroatoms. The molecule has 1 fully saturated rings. The minimum atomic E-state index is -0.225. The Morgan fingerprint density at radius 1 is 1.50 bits per heavy atom. The summed E-state index contributed by atoms with van der Waals surface area (Å²) in [5.74, 6) is 0.501. The van der Waals surface area contributed by atoms with E-state index >= 15 is 0 Å². The quantitative estimate of drug-likeness (QED) is 0.626. The predicted molar refractivity (Wildman–Crippen MR) is 71.9 cm³/mol. The molecule has 0 aliphatic heterocycles. The summed E-state index contributed by atoms with van der Waals surface area (Å²) in [5, 5.41) is 0. The highest BCUT2D eigenvalue weighted by atomic mass is 127. The van der Waals surface area contributed by atoms with Gasteiger partial charge in [-0.3, -0.25) is 0 Å². The summed E-state index contributed by atoms with van der Waals surface area (Å²) in [7, 11) is 1.43. The van der Waals surface area contributed by atoms with E-state index in [0.717, 1.165) is 23.5 Å². The molecule has 0 unspecified atom stereocenters. The first-order chi connectivity index (χ1) is 7.67. The second-order valence-corrected chi connectivity index (χ2v) is 5.31. The molecule has 0 aromatic heterocycles. The van der Waals surface area contributed by atoms with Crippen LogP contribution in [0.2, 0.25) is 0 Å². The number of rotatable bonds is 3. The van der Waals surface area contributed by atoms with Gasteiger partial charge in [-0.25, -0.2) is 4.79 Å². The third-order valence-electron chi connectivity index (χ3n) is 3.03. The Bertz CT molecular complexity index is 422. The molecule has 0 heterocycles. The van der Waals surface area contributed by atoms with Crippen LogP contribution in [0, 0.1) is 3.57 Å². The van der Waals surface area contributed by atoms with E-state index in [1.165, 1.54) is 29.1 Å². The van der Waals surface area contributed by atoms with Gasteiger partial charge < -0.3 is 4.74 Å². The standard InChI is InChI=1S/C13H15IO2/c1-3-8-6-10(9-4-5-9)12(14)7-11(8)13(15)16-2/h6-7,9H,3-5H2,1-2H3. The summed E-state index contributed by atoms with van der Waals surface area (Å²) in [6.07, 6.45) is 3.45. The summed E-state index contributed by atoms with van der Waals surface area (Å²) in [5.41, 5.74) is 3.23. The first-order valence-electron chi connectivity index (χ1n) is 5.58. The van der Waals surface area contributed by atoms with Crippen molar-refractivity contribution in [1.29, 1.82) is 0 Å². The lowest BCUT2D eigenvalue weighted by molar-refractivity contribution is 0.0599. The lowest BCUT2D eigenvalue weighted by atomic mass is 10.00. The molecule has 1 aliphatic carbocycles. The Labute approximate surface area is 110 Å². The molecule has 1 saturated carbocycles. The molecular formula is C13H15IO2. The van der Waals surface area contributed by atoms with Gasteiger partial charge in [0.25, 0.3) is 0 Å². The van der Waals surface area contributed by atoms with Crippen LogP contribution in [-0.4, -0.2) is 13.1 Å². The van der Waals surface area contributed by atoms with Crippen molar-refractivity contribution in [2.75, 3.05) is 7.11 Å². The van der Waals surface area contributed by atoms with Crippen molar-refractivity contribution in [2.24, 2.45) is 0 Å². The van der Waals surface area contributed by atoms with Crippen molar-refractivity contribution in [1.82, 2.24) is 0 Å². The van der Waals surface area contributed by atoms with Crippen LogP contribution < -0.4 is 0 Å². The number of hydrogen-bond acceptors (Lipinski definition) is 2. The van der Waals surface area contributed by atoms with E-state index in [1.807, 2.05) is 6.07 Å². The Balaban J connectivity index is 2.45. The van der Waals surface area contributed by atoms with Gasteiger partial charge in [-0.1, -0.05) is 13.0 Å². The van der Waals surface area contributed by atoms with E-state index in [1.54, 1.807) is 0 Å². The molecule has 0 N–H and O–H groups in total. The van der Waals surface area contributed by atoms with Gasteiger partial charge in [-0.15, -0.1) is 0 Å². The van der Waals surface area contributed by atoms with Crippen LogP contribution in [0.15, 0.2) is 12.1 Å². The summed E-state index contributed by atoms with van der Waals surface area (Å²) < 4.78 is 6.00. The van der Waals surface area contributed by atoms with Crippen molar-refractivity contribution in [2.45, 2.75) is 32.1 Å². The maximum absolute atomic E-state index is 11.6. The summed E-state index contributed by atoms with van der Waals surface area (Å²) >= 11 is 2.32. The first kappa shape index (κ1) is 11.9. The Kier molecular flexibility index (Phi) is 3.52. The monoisotopic (exact) mass is 330 g/mol. The van der Waals surface area contributed by atoms with Crippen LogP contribution in [0.4, 0.5) is 0 Å². The summed E-state index contributed by atoms with van der Waals surface area (Å²) in [6, 6.07) is 4.16. The topological polar surface area (TPSA) is 26.3 Å². The summed E-state index contributed by atoms with van der Waals surface area (Å²) in [6.45, 7) is 2.07. The van der Waals surface area contributed by atoms with Gasteiger partial charge in [0.1, 0.15) is 0 Å². The van der Waals surface area contributed by atoms with Crippen LogP contribution in [0.3, 0.4) is 0 Å². The number of carbonyl (C=O) groups is 1. The summed E-state index contributed by atoms with van der Waals surface area (Å²) in [4.78, 5) is 11.6. The van der Waals surface area contributed by atoms with Gasteiger partial charge in [-0.05, 0) is 65.0 Å². The molecule has 1 aromatic carbocycles. The van der Waals surface area contributed by atoms with Crippen molar-refractivity contribution in [3.63, 3.8) is 0 Å². The molecule has 2 rings (SSSR count). The maximum Gasteiger partial charge on any atom is 0.338 e. The average Bonchev–Trinajstić information content (AvgIpc) is 3.11. The fraction of sp³-hybridized carbons (Fsp3) is 0.462. The molecule has 0 amide bonds. The number of benzene rings is 1. The second-order valence-electron chi connectivity index (χ2n) is 4.15. The van der Waals surface area contributed by atoms with Crippen LogP contribution in [0.25, 0.3) is 0 Å². The zero-order valence-electron chi connectivity index (χ0n) is 9.55. The van der Waals surface area contributed by atoms with E-state index in [4.69, 9.17) is 4.74 Å². The lowest BCUT2D eigenvalue weighted by Crippen LogP contribution is -2.07. The predicted octanol–water partition coefficient (Wildman–Crippen LogP) is 3.52. The van der Waals surface area contributed by atoms with Crippen molar-refractivity contribution < 1.29 is 9.53 Å². The Morgan fingerprint density at radius 2 is 2.19 bits per heavy atom. The van der Waals surface area contributed by atoms with Crippen molar-refractivity contribution in [3.8, 4) is 0 Å². The molecule has 0 radical (unpaired) electrons. The number of hydrogen-bond donors (Lipinski definition) is 0. The largest absolute Gasteiger partial charge is 0.465 e. The number of carbonyl (C=O) groups excluding carboxylic acids is 1. The maximum atomic E-state index is 11.6. The minimum Gasteiger partial charge on any atom is -0.465 e. The number of halogens is 1. The molecule has 2 nitrogen and oxygen atoms in total. The number of aryl methyl sites for hydroxylation is 1. The van der Waals surface area contributed by atoms with Gasteiger partial charge >= 0.3 is 5.97 Å².